The standard InChI is InChI=1S/C19H22N2O/c1-13-9-14(2)11-15(10-13)12-20-18-6-4-3-5-17(18)19(22)21-16-7-8-16/h3-6,9-11,16,20H,7-8,12H2,1-2H3,(H,21,22). The second-order valence-corrected chi connectivity index (χ2v) is 6.14. The third kappa shape index (κ3) is 3.67. The van der Waals surface area contributed by atoms with Crippen LogP contribution in [-0.4, -0.2) is 11.9 Å². The van der Waals surface area contributed by atoms with Gasteiger partial charge in [0.2, 0.25) is 0 Å². The molecule has 0 heterocycles. The first-order chi connectivity index (χ1) is 10.6. The van der Waals surface area contributed by atoms with Crippen molar-refractivity contribution in [2.24, 2.45) is 0 Å². The number of hydrogen-bond acceptors (Lipinski definition) is 2. The Kier molecular flexibility index (Phi) is 4.14. The summed E-state index contributed by atoms with van der Waals surface area (Å²) in [6.45, 7) is 4.93. The predicted octanol–water partition coefficient (Wildman–Crippen LogP) is 3.81. The van der Waals surface area contributed by atoms with Crippen LogP contribution in [0.15, 0.2) is 42.5 Å². The Labute approximate surface area is 131 Å². The van der Waals surface area contributed by atoms with Gasteiger partial charge in [-0.2, -0.15) is 0 Å². The molecule has 0 atom stereocenters. The van der Waals surface area contributed by atoms with Gasteiger partial charge in [-0.1, -0.05) is 41.5 Å². The molecule has 1 saturated carbocycles. The number of hydrogen-bond donors (Lipinski definition) is 2. The Morgan fingerprint density at radius 1 is 1.09 bits per heavy atom. The normalized spacial score (nSPS) is 13.7. The number of anilines is 1. The number of para-hydroxylation sites is 1. The van der Waals surface area contributed by atoms with Crippen LogP contribution >= 0.6 is 0 Å². The van der Waals surface area contributed by atoms with E-state index in [2.05, 4.69) is 42.7 Å². The smallest absolute Gasteiger partial charge is 0.253 e. The van der Waals surface area contributed by atoms with Gasteiger partial charge in [-0.3, -0.25) is 4.79 Å². The zero-order valence-corrected chi connectivity index (χ0v) is 13.1. The molecule has 2 N–H and O–H groups in total. The van der Waals surface area contributed by atoms with Crippen molar-refractivity contribution in [3.05, 3.63) is 64.7 Å². The highest BCUT2D eigenvalue weighted by Crippen LogP contribution is 2.22. The molecular weight excluding hydrogens is 272 g/mol. The molecule has 0 unspecified atom stereocenters. The maximum Gasteiger partial charge on any atom is 0.253 e. The van der Waals surface area contributed by atoms with Crippen LogP contribution < -0.4 is 10.6 Å². The first-order valence-electron chi connectivity index (χ1n) is 7.83. The van der Waals surface area contributed by atoms with Crippen LogP contribution in [0, 0.1) is 13.8 Å². The summed E-state index contributed by atoms with van der Waals surface area (Å²) in [7, 11) is 0. The van der Waals surface area contributed by atoms with Crippen LogP contribution in [0.3, 0.4) is 0 Å². The quantitative estimate of drug-likeness (QED) is 0.880. The molecule has 3 nitrogen and oxygen atoms in total. The van der Waals surface area contributed by atoms with Crippen molar-refractivity contribution in [2.45, 2.75) is 39.3 Å². The fraction of sp³-hybridized carbons (Fsp3) is 0.316. The molecule has 2 aromatic carbocycles. The lowest BCUT2D eigenvalue weighted by molar-refractivity contribution is 0.0952. The second kappa shape index (κ2) is 6.22. The Balaban J connectivity index is 1.72. The molecule has 0 radical (unpaired) electrons. The van der Waals surface area contributed by atoms with Crippen LogP contribution in [0.4, 0.5) is 5.69 Å². The van der Waals surface area contributed by atoms with Crippen LogP contribution in [0.1, 0.15) is 39.9 Å². The van der Waals surface area contributed by atoms with Gasteiger partial charge < -0.3 is 10.6 Å². The van der Waals surface area contributed by atoms with Gasteiger partial charge in [0, 0.05) is 18.3 Å². The largest absolute Gasteiger partial charge is 0.380 e. The van der Waals surface area contributed by atoms with Gasteiger partial charge in [0.1, 0.15) is 0 Å². The Morgan fingerprint density at radius 3 is 2.45 bits per heavy atom. The highest BCUT2D eigenvalue weighted by Gasteiger charge is 2.24. The molecule has 0 saturated heterocycles. The van der Waals surface area contributed by atoms with E-state index >= 15 is 0 Å². The van der Waals surface area contributed by atoms with Crippen LogP contribution in [0.5, 0.6) is 0 Å². The summed E-state index contributed by atoms with van der Waals surface area (Å²) in [5.41, 5.74) is 5.36. The summed E-state index contributed by atoms with van der Waals surface area (Å²) in [6, 6.07) is 14.6. The molecule has 0 aliphatic heterocycles. The molecule has 3 heteroatoms. The zero-order chi connectivity index (χ0) is 15.5. The third-order valence-electron chi connectivity index (χ3n) is 3.85. The number of carbonyl (C=O) groups is 1. The number of aryl methyl sites for hydroxylation is 2. The predicted molar refractivity (Wildman–Crippen MR) is 90.2 cm³/mol. The first kappa shape index (κ1) is 14.6. The second-order valence-electron chi connectivity index (χ2n) is 6.14. The molecular formula is C19H22N2O. The molecule has 22 heavy (non-hydrogen) atoms. The number of nitrogens with one attached hydrogen (secondary N) is 2. The van der Waals surface area contributed by atoms with Crippen molar-refractivity contribution < 1.29 is 4.79 Å². The van der Waals surface area contributed by atoms with Gasteiger partial charge in [-0.05, 0) is 44.4 Å². The maximum absolute atomic E-state index is 12.3. The van der Waals surface area contributed by atoms with E-state index in [4.69, 9.17) is 0 Å². The highest BCUT2D eigenvalue weighted by atomic mass is 16.1. The average Bonchev–Trinajstić information content (AvgIpc) is 3.28. The fourth-order valence-electron chi connectivity index (χ4n) is 2.69. The van der Waals surface area contributed by atoms with E-state index < -0.39 is 0 Å². The van der Waals surface area contributed by atoms with Gasteiger partial charge in [0.15, 0.2) is 0 Å². The summed E-state index contributed by atoms with van der Waals surface area (Å²) in [4.78, 5) is 12.3. The van der Waals surface area contributed by atoms with Gasteiger partial charge in [0.25, 0.3) is 5.91 Å². The summed E-state index contributed by atoms with van der Waals surface area (Å²) in [5, 5.41) is 6.45. The van der Waals surface area contributed by atoms with Gasteiger partial charge in [-0.25, -0.2) is 0 Å². The highest BCUT2D eigenvalue weighted by molar-refractivity contribution is 5.99. The van der Waals surface area contributed by atoms with E-state index in [1.165, 1.54) is 16.7 Å². The minimum Gasteiger partial charge on any atom is -0.380 e. The molecule has 1 amide bonds. The van der Waals surface area contributed by atoms with Crippen molar-refractivity contribution in [1.29, 1.82) is 0 Å². The first-order valence-corrected chi connectivity index (χ1v) is 7.83. The Morgan fingerprint density at radius 2 is 1.77 bits per heavy atom. The Hall–Kier alpha value is -2.29. The minimum atomic E-state index is 0.0195. The van der Waals surface area contributed by atoms with Crippen molar-refractivity contribution in [3.63, 3.8) is 0 Å². The van der Waals surface area contributed by atoms with Crippen LogP contribution in [0.25, 0.3) is 0 Å². The van der Waals surface area contributed by atoms with Crippen molar-refractivity contribution in [3.8, 4) is 0 Å². The van der Waals surface area contributed by atoms with Crippen molar-refractivity contribution in [1.82, 2.24) is 5.32 Å². The summed E-state index contributed by atoms with van der Waals surface area (Å²) in [5.74, 6) is 0.0195. The van der Waals surface area contributed by atoms with Crippen molar-refractivity contribution >= 4 is 11.6 Å². The molecule has 1 fully saturated rings. The monoisotopic (exact) mass is 294 g/mol. The van der Waals surface area contributed by atoms with Gasteiger partial charge in [0.05, 0.1) is 5.56 Å². The van der Waals surface area contributed by atoms with E-state index in [1.54, 1.807) is 0 Å². The van der Waals surface area contributed by atoms with E-state index in [-0.39, 0.29) is 5.91 Å². The Bertz CT molecular complexity index is 669. The lowest BCUT2D eigenvalue weighted by Gasteiger charge is -2.13. The number of benzene rings is 2. The van der Waals surface area contributed by atoms with Crippen LogP contribution in [0.2, 0.25) is 0 Å². The number of rotatable bonds is 5. The number of carbonyl (C=O) groups excluding carboxylic acids is 1. The van der Waals surface area contributed by atoms with Gasteiger partial charge in [-0.15, -0.1) is 0 Å². The third-order valence-corrected chi connectivity index (χ3v) is 3.85. The van der Waals surface area contributed by atoms with Crippen molar-refractivity contribution in [2.75, 3.05) is 5.32 Å². The average molecular weight is 294 g/mol. The lowest BCUT2D eigenvalue weighted by atomic mass is 10.1. The van der Waals surface area contributed by atoms with E-state index in [1.807, 2.05) is 24.3 Å². The summed E-state index contributed by atoms with van der Waals surface area (Å²) in [6.07, 6.45) is 2.20. The molecule has 114 valence electrons. The van der Waals surface area contributed by atoms with Gasteiger partial charge >= 0.3 is 0 Å². The summed E-state index contributed by atoms with van der Waals surface area (Å²) < 4.78 is 0. The SMILES string of the molecule is Cc1cc(C)cc(CNc2ccccc2C(=O)NC2CC2)c1. The lowest BCUT2D eigenvalue weighted by Crippen LogP contribution is -2.26. The topological polar surface area (TPSA) is 41.1 Å². The molecule has 2 aromatic rings. The fourth-order valence-corrected chi connectivity index (χ4v) is 2.69. The molecule has 0 aromatic heterocycles. The molecule has 1 aliphatic rings. The number of amides is 1. The van der Waals surface area contributed by atoms with Crippen LogP contribution in [-0.2, 0) is 6.54 Å². The molecule has 0 bridgehead atoms. The van der Waals surface area contributed by atoms with E-state index in [0.29, 0.717) is 6.04 Å². The van der Waals surface area contributed by atoms with E-state index in [9.17, 15) is 4.79 Å². The zero-order valence-electron chi connectivity index (χ0n) is 13.1. The minimum absolute atomic E-state index is 0.0195. The van der Waals surface area contributed by atoms with E-state index in [0.717, 1.165) is 30.6 Å². The maximum atomic E-state index is 12.3. The molecule has 3 rings (SSSR count). The molecule has 0 spiro atoms. The summed E-state index contributed by atoms with van der Waals surface area (Å²) >= 11 is 0. The molecule has 1 aliphatic carbocycles.